The topological polar surface area (TPSA) is 50.7 Å². The molecular weight excluding hydrogens is 436 g/mol. The highest BCUT2D eigenvalue weighted by atomic mass is 32.9. The van der Waals surface area contributed by atoms with Gasteiger partial charge < -0.3 is 10.1 Å². The van der Waals surface area contributed by atoms with Crippen LogP contribution in [0.3, 0.4) is 0 Å². The Kier molecular flexibility index (Phi) is 5.71. The second-order valence-corrected chi connectivity index (χ2v) is 9.29. The number of esters is 1. The third-order valence-electron chi connectivity index (χ3n) is 5.14. The molecule has 6 heteroatoms. The first-order chi connectivity index (χ1) is 15.7. The van der Waals surface area contributed by atoms with Crippen molar-refractivity contribution in [1.29, 1.82) is 0 Å². The van der Waals surface area contributed by atoms with E-state index in [1.54, 1.807) is 0 Å². The Morgan fingerprint density at radius 1 is 0.844 bits per heavy atom. The first-order valence-electron chi connectivity index (χ1n) is 10.3. The van der Waals surface area contributed by atoms with Crippen molar-refractivity contribution < 1.29 is 9.53 Å². The number of anilines is 2. The number of nitrogens with one attached hydrogen (secondary N) is 1. The smallest absolute Gasteiger partial charge is 0.351 e. The molecule has 0 spiro atoms. The second-order valence-electron chi connectivity index (χ2n) is 7.16. The summed E-state index contributed by atoms with van der Waals surface area (Å²) in [5.74, 6) is -0.337. The Bertz CT molecular complexity index is 1490. The first-order valence-corrected chi connectivity index (χ1v) is 12.5. The minimum atomic E-state index is -0.337. The zero-order valence-electron chi connectivity index (χ0n) is 17.4. The van der Waals surface area contributed by atoms with E-state index in [-0.39, 0.29) is 5.97 Å². The van der Waals surface area contributed by atoms with E-state index in [9.17, 15) is 4.79 Å². The number of hydrogen-bond donors (Lipinski definition) is 1. The van der Waals surface area contributed by atoms with Crippen molar-refractivity contribution in [3.63, 3.8) is 0 Å². The van der Waals surface area contributed by atoms with Crippen LogP contribution in [0.5, 0.6) is 0 Å². The molecule has 0 atom stereocenters. The second kappa shape index (κ2) is 8.94. The fourth-order valence-electron chi connectivity index (χ4n) is 3.66. The van der Waals surface area contributed by atoms with E-state index in [0.29, 0.717) is 17.2 Å². The Labute approximate surface area is 192 Å². The fraction of sp³-hybridized carbons (Fsp3) is 0.0769. The van der Waals surface area contributed by atoms with Crippen LogP contribution < -0.4 is 9.99 Å². The van der Waals surface area contributed by atoms with Gasteiger partial charge in [-0.25, -0.2) is 9.79 Å². The standard InChI is InChI=1S/C26H20N2O2S2/c1-2-30-26(29)24-23(27-21-15-7-11-17-9-3-5-13-19(17)21)25(32-31-24)28-22-16-8-12-18-10-4-6-14-20(18)22/h3-16,27H,2H2,1H3. The van der Waals surface area contributed by atoms with Crippen molar-refractivity contribution in [3.8, 4) is 0 Å². The normalized spacial score (nSPS) is 11.7. The summed E-state index contributed by atoms with van der Waals surface area (Å²) in [5, 5.41) is 7.90. The summed E-state index contributed by atoms with van der Waals surface area (Å²) in [6, 6.07) is 28.5. The van der Waals surface area contributed by atoms with Crippen LogP contribution in [-0.4, -0.2) is 12.6 Å². The summed E-state index contributed by atoms with van der Waals surface area (Å²) in [5.41, 5.74) is 2.48. The average Bonchev–Trinajstić information content (AvgIpc) is 3.22. The number of fused-ring (bicyclic) bond motifs is 2. The number of hydrogen-bond acceptors (Lipinski definition) is 6. The summed E-state index contributed by atoms with van der Waals surface area (Å²) in [6.07, 6.45) is 0. The lowest BCUT2D eigenvalue weighted by molar-refractivity contribution is 0.0533. The van der Waals surface area contributed by atoms with Gasteiger partial charge in [-0.05, 0) is 29.8 Å². The molecule has 0 radical (unpaired) electrons. The third kappa shape index (κ3) is 3.90. The largest absolute Gasteiger partial charge is 0.462 e. The van der Waals surface area contributed by atoms with Gasteiger partial charge in [-0.15, -0.1) is 0 Å². The summed E-state index contributed by atoms with van der Waals surface area (Å²) in [7, 11) is 2.85. The van der Waals surface area contributed by atoms with Gasteiger partial charge in [-0.3, -0.25) is 0 Å². The van der Waals surface area contributed by atoms with Crippen molar-refractivity contribution in [1.82, 2.24) is 0 Å². The lowest BCUT2D eigenvalue weighted by atomic mass is 10.1. The molecule has 0 saturated carbocycles. The van der Waals surface area contributed by atoms with Gasteiger partial charge in [0.25, 0.3) is 0 Å². The lowest BCUT2D eigenvalue weighted by Crippen LogP contribution is -2.10. The SMILES string of the molecule is CCOC(=O)c1ssc(=Nc2cccc3ccccc23)c1Nc1cccc2ccccc12. The molecule has 158 valence electrons. The van der Waals surface area contributed by atoms with Crippen LogP contribution in [0, 0.1) is 0 Å². The molecule has 5 aromatic rings. The molecule has 1 aromatic heterocycles. The van der Waals surface area contributed by atoms with Crippen molar-refractivity contribution in [2.45, 2.75) is 6.92 Å². The highest BCUT2D eigenvalue weighted by molar-refractivity contribution is 7.69. The molecule has 5 rings (SSSR count). The highest BCUT2D eigenvalue weighted by Crippen LogP contribution is 2.32. The van der Waals surface area contributed by atoms with E-state index in [1.165, 1.54) is 20.7 Å². The molecule has 1 heterocycles. The predicted molar refractivity (Wildman–Crippen MR) is 135 cm³/mol. The zero-order chi connectivity index (χ0) is 21.9. The van der Waals surface area contributed by atoms with Crippen molar-refractivity contribution in [3.05, 3.63) is 94.5 Å². The number of ether oxygens (including phenoxy) is 1. The van der Waals surface area contributed by atoms with E-state index in [1.807, 2.05) is 55.5 Å². The van der Waals surface area contributed by atoms with Gasteiger partial charge >= 0.3 is 5.97 Å². The molecule has 0 aliphatic rings. The monoisotopic (exact) mass is 456 g/mol. The summed E-state index contributed by atoms with van der Waals surface area (Å²) in [6.45, 7) is 2.14. The van der Waals surface area contributed by atoms with Crippen molar-refractivity contribution in [2.24, 2.45) is 4.99 Å². The Morgan fingerprint density at radius 3 is 2.28 bits per heavy atom. The van der Waals surface area contributed by atoms with Gasteiger partial charge in [-0.2, -0.15) is 0 Å². The summed E-state index contributed by atoms with van der Waals surface area (Å²) < 4.78 is 6.08. The summed E-state index contributed by atoms with van der Waals surface area (Å²) in [4.78, 5) is 18.2. The number of carbonyl (C=O) groups is 1. The molecule has 0 unspecified atom stereocenters. The van der Waals surface area contributed by atoms with Crippen LogP contribution in [0.4, 0.5) is 17.1 Å². The number of nitrogens with zero attached hydrogens (tertiary/aromatic N) is 1. The molecule has 4 aromatic carbocycles. The summed E-state index contributed by atoms with van der Waals surface area (Å²) >= 11 is 0. The van der Waals surface area contributed by atoms with E-state index in [4.69, 9.17) is 9.73 Å². The van der Waals surface area contributed by atoms with Gasteiger partial charge in [0.2, 0.25) is 0 Å². The Morgan fingerprint density at radius 2 is 1.50 bits per heavy atom. The minimum Gasteiger partial charge on any atom is -0.462 e. The van der Waals surface area contributed by atoms with Crippen LogP contribution in [0.2, 0.25) is 0 Å². The molecule has 0 bridgehead atoms. The Balaban J connectivity index is 1.69. The first kappa shape index (κ1) is 20.4. The van der Waals surface area contributed by atoms with Crippen molar-refractivity contribution >= 4 is 65.3 Å². The highest BCUT2D eigenvalue weighted by Gasteiger charge is 2.19. The Hall–Kier alpha value is -3.48. The van der Waals surface area contributed by atoms with Crippen LogP contribution in [0.25, 0.3) is 21.5 Å². The number of rotatable bonds is 5. The van der Waals surface area contributed by atoms with Gasteiger partial charge in [-0.1, -0.05) is 93.5 Å². The van der Waals surface area contributed by atoms with Crippen LogP contribution in [-0.2, 0) is 4.74 Å². The van der Waals surface area contributed by atoms with E-state index < -0.39 is 0 Å². The van der Waals surface area contributed by atoms with Gasteiger partial charge in [0.15, 0.2) is 4.67 Å². The van der Waals surface area contributed by atoms with Gasteiger partial charge in [0, 0.05) is 16.5 Å². The molecule has 32 heavy (non-hydrogen) atoms. The molecule has 0 amide bonds. The van der Waals surface area contributed by atoms with E-state index in [0.717, 1.165) is 37.6 Å². The maximum Gasteiger partial charge on any atom is 0.351 e. The average molecular weight is 457 g/mol. The maximum atomic E-state index is 12.7. The maximum absolute atomic E-state index is 12.7. The van der Waals surface area contributed by atoms with Crippen LogP contribution >= 0.6 is 20.7 Å². The predicted octanol–water partition coefficient (Wildman–Crippen LogP) is 7.27. The lowest BCUT2D eigenvalue weighted by Gasteiger charge is -2.10. The van der Waals surface area contributed by atoms with Crippen molar-refractivity contribution in [2.75, 3.05) is 11.9 Å². The zero-order valence-corrected chi connectivity index (χ0v) is 19.0. The van der Waals surface area contributed by atoms with Crippen LogP contribution in [0.15, 0.2) is 89.9 Å². The number of carbonyl (C=O) groups excluding carboxylic acids is 1. The van der Waals surface area contributed by atoms with Gasteiger partial charge in [0.05, 0.1) is 12.3 Å². The third-order valence-corrected chi connectivity index (χ3v) is 7.44. The van der Waals surface area contributed by atoms with Crippen LogP contribution in [0.1, 0.15) is 16.6 Å². The fourth-order valence-corrected chi connectivity index (χ4v) is 5.92. The van der Waals surface area contributed by atoms with Gasteiger partial charge in [0.1, 0.15) is 10.6 Å². The molecule has 4 nitrogen and oxygen atoms in total. The van der Waals surface area contributed by atoms with E-state index in [2.05, 4.69) is 41.7 Å². The number of benzene rings is 4. The molecular formula is C26H20N2O2S2. The molecule has 0 fully saturated rings. The molecule has 0 saturated heterocycles. The molecule has 1 N–H and O–H groups in total. The molecule has 0 aliphatic carbocycles. The molecule has 0 aliphatic heterocycles. The quantitative estimate of drug-likeness (QED) is 0.223. The minimum absolute atomic E-state index is 0.324. The van der Waals surface area contributed by atoms with E-state index >= 15 is 0 Å².